The number of aromatic nitrogens is 3. The number of aryl methyl sites for hydroxylation is 1. The number of nitro benzene ring substituents is 1. The van der Waals surface area contributed by atoms with E-state index < -0.39 is 4.92 Å². The lowest BCUT2D eigenvalue weighted by molar-refractivity contribution is -0.385. The molecule has 104 valence electrons. The van der Waals surface area contributed by atoms with Crippen LogP contribution in [0.5, 0.6) is 0 Å². The SMILES string of the molecule is Cc1cc(Br)c(-n2nnc(N)c2C2CC2)cc1[N+](=O)[O-]. The summed E-state index contributed by atoms with van der Waals surface area (Å²) in [5.41, 5.74) is 7.93. The molecule has 1 aliphatic carbocycles. The number of halogens is 1. The number of hydrogen-bond acceptors (Lipinski definition) is 5. The average Bonchev–Trinajstić information content (AvgIpc) is 3.13. The summed E-state index contributed by atoms with van der Waals surface area (Å²) in [7, 11) is 0. The molecule has 7 nitrogen and oxygen atoms in total. The highest BCUT2D eigenvalue weighted by Crippen LogP contribution is 2.43. The second kappa shape index (κ2) is 4.55. The van der Waals surface area contributed by atoms with Crippen LogP contribution in [0.15, 0.2) is 16.6 Å². The highest BCUT2D eigenvalue weighted by atomic mass is 79.9. The van der Waals surface area contributed by atoms with Gasteiger partial charge in [0.15, 0.2) is 5.82 Å². The van der Waals surface area contributed by atoms with Gasteiger partial charge in [0.2, 0.25) is 0 Å². The van der Waals surface area contributed by atoms with Gasteiger partial charge in [0.05, 0.1) is 16.3 Å². The first-order chi connectivity index (χ1) is 9.49. The summed E-state index contributed by atoms with van der Waals surface area (Å²) < 4.78 is 2.33. The molecule has 1 aliphatic rings. The van der Waals surface area contributed by atoms with Crippen molar-refractivity contribution >= 4 is 27.4 Å². The van der Waals surface area contributed by atoms with Crippen molar-refractivity contribution in [2.45, 2.75) is 25.7 Å². The van der Waals surface area contributed by atoms with Crippen LogP contribution in [-0.4, -0.2) is 19.9 Å². The average molecular weight is 338 g/mol. The molecule has 20 heavy (non-hydrogen) atoms. The van der Waals surface area contributed by atoms with Crippen molar-refractivity contribution in [3.05, 3.63) is 38.0 Å². The fraction of sp³-hybridized carbons (Fsp3) is 0.333. The fourth-order valence-corrected chi connectivity index (χ4v) is 2.85. The highest BCUT2D eigenvalue weighted by molar-refractivity contribution is 9.10. The molecule has 0 amide bonds. The molecule has 1 aromatic heterocycles. The van der Waals surface area contributed by atoms with Gasteiger partial charge >= 0.3 is 0 Å². The molecule has 0 saturated heterocycles. The van der Waals surface area contributed by atoms with Crippen LogP contribution in [0.2, 0.25) is 0 Å². The van der Waals surface area contributed by atoms with Gasteiger partial charge in [-0.05, 0) is 41.8 Å². The molecule has 0 bridgehead atoms. The number of nitro groups is 1. The number of hydrogen-bond donors (Lipinski definition) is 1. The first-order valence-corrected chi connectivity index (χ1v) is 6.94. The van der Waals surface area contributed by atoms with Gasteiger partial charge in [0.25, 0.3) is 5.69 Å². The van der Waals surface area contributed by atoms with Gasteiger partial charge in [-0.3, -0.25) is 10.1 Å². The quantitative estimate of drug-likeness (QED) is 0.685. The zero-order valence-electron chi connectivity index (χ0n) is 10.7. The Kier molecular flexibility index (Phi) is 2.97. The van der Waals surface area contributed by atoms with Crippen LogP contribution < -0.4 is 5.73 Å². The van der Waals surface area contributed by atoms with Crippen LogP contribution in [0.4, 0.5) is 11.5 Å². The number of nitrogen functional groups attached to an aromatic ring is 1. The molecule has 0 radical (unpaired) electrons. The Labute approximate surface area is 123 Å². The molecule has 1 fully saturated rings. The molecule has 0 atom stereocenters. The highest BCUT2D eigenvalue weighted by Gasteiger charge is 2.32. The minimum atomic E-state index is -0.400. The van der Waals surface area contributed by atoms with Crippen LogP contribution in [0.3, 0.4) is 0 Å². The number of nitrogens with two attached hydrogens (primary N) is 1. The maximum absolute atomic E-state index is 11.1. The first-order valence-electron chi connectivity index (χ1n) is 6.15. The predicted molar refractivity (Wildman–Crippen MR) is 76.8 cm³/mol. The summed E-state index contributed by atoms with van der Waals surface area (Å²) in [6, 6.07) is 3.21. The van der Waals surface area contributed by atoms with E-state index in [1.165, 1.54) is 6.07 Å². The normalized spacial score (nSPS) is 14.5. The maximum Gasteiger partial charge on any atom is 0.274 e. The van der Waals surface area contributed by atoms with Crippen molar-refractivity contribution in [3.8, 4) is 5.69 Å². The van der Waals surface area contributed by atoms with Crippen molar-refractivity contribution in [2.24, 2.45) is 0 Å². The molecule has 1 saturated carbocycles. The van der Waals surface area contributed by atoms with Gasteiger partial charge in [-0.1, -0.05) is 5.21 Å². The number of nitrogens with zero attached hydrogens (tertiary/aromatic N) is 4. The molecular formula is C12H12BrN5O2. The van der Waals surface area contributed by atoms with Crippen molar-refractivity contribution in [1.82, 2.24) is 15.0 Å². The smallest absolute Gasteiger partial charge is 0.274 e. The summed E-state index contributed by atoms with van der Waals surface area (Å²) in [6.07, 6.45) is 2.09. The second-order valence-electron chi connectivity index (χ2n) is 4.89. The Hall–Kier alpha value is -1.96. The molecule has 1 aromatic carbocycles. The summed E-state index contributed by atoms with van der Waals surface area (Å²) in [6.45, 7) is 1.70. The molecule has 0 unspecified atom stereocenters. The van der Waals surface area contributed by atoms with Crippen molar-refractivity contribution in [2.75, 3.05) is 5.73 Å². The zero-order valence-corrected chi connectivity index (χ0v) is 12.3. The standard InChI is InChI=1S/C12H12BrN5O2/c1-6-4-8(13)10(5-9(6)18(19)20)17-11(7-2-3-7)12(14)15-16-17/h4-5,7H,2-3,14H2,1H3. The molecule has 0 aliphatic heterocycles. The third-order valence-electron chi connectivity index (χ3n) is 3.39. The summed E-state index contributed by atoms with van der Waals surface area (Å²) in [4.78, 5) is 10.7. The van der Waals surface area contributed by atoms with Gasteiger partial charge < -0.3 is 5.73 Å². The number of rotatable bonds is 3. The predicted octanol–water partition coefficient (Wildman–Crippen LogP) is 2.71. The van der Waals surface area contributed by atoms with Crippen molar-refractivity contribution < 1.29 is 4.92 Å². The third kappa shape index (κ3) is 2.05. The summed E-state index contributed by atoms with van der Waals surface area (Å²) in [5, 5.41) is 19.0. The van der Waals surface area contributed by atoms with E-state index in [4.69, 9.17) is 5.73 Å². The molecule has 8 heteroatoms. The Morgan fingerprint density at radius 2 is 2.20 bits per heavy atom. The van der Waals surface area contributed by atoms with Crippen molar-refractivity contribution in [3.63, 3.8) is 0 Å². The van der Waals surface area contributed by atoms with Crippen LogP contribution in [-0.2, 0) is 0 Å². The first kappa shape index (κ1) is 13.0. The molecule has 0 spiro atoms. The van der Waals surface area contributed by atoms with Crippen LogP contribution in [0, 0.1) is 17.0 Å². The van der Waals surface area contributed by atoms with E-state index in [1.807, 2.05) is 0 Å². The Bertz CT molecular complexity index is 708. The lowest BCUT2D eigenvalue weighted by Crippen LogP contribution is -2.05. The number of anilines is 1. The van der Waals surface area contributed by atoms with Gasteiger partial charge in [-0.25, -0.2) is 4.68 Å². The van der Waals surface area contributed by atoms with Gasteiger partial charge in [-0.15, -0.1) is 5.10 Å². The van der Waals surface area contributed by atoms with Crippen LogP contribution >= 0.6 is 15.9 Å². The topological polar surface area (TPSA) is 99.9 Å². The van der Waals surface area contributed by atoms with Crippen molar-refractivity contribution in [1.29, 1.82) is 0 Å². The summed E-state index contributed by atoms with van der Waals surface area (Å²) in [5.74, 6) is 0.736. The Morgan fingerprint density at radius 1 is 1.50 bits per heavy atom. The molecule has 2 N–H and O–H groups in total. The minimum absolute atomic E-state index is 0.0546. The maximum atomic E-state index is 11.1. The molecule has 1 heterocycles. The molecule has 2 aromatic rings. The largest absolute Gasteiger partial charge is 0.381 e. The van der Waals surface area contributed by atoms with Crippen LogP contribution in [0.25, 0.3) is 5.69 Å². The Balaban J connectivity index is 2.19. The van der Waals surface area contributed by atoms with E-state index in [2.05, 4.69) is 26.2 Å². The zero-order chi connectivity index (χ0) is 14.4. The van der Waals surface area contributed by atoms with Crippen LogP contribution in [0.1, 0.15) is 30.0 Å². The van der Waals surface area contributed by atoms with E-state index in [9.17, 15) is 10.1 Å². The lowest BCUT2D eigenvalue weighted by atomic mass is 10.1. The fourth-order valence-electron chi connectivity index (χ4n) is 2.23. The van der Waals surface area contributed by atoms with E-state index in [-0.39, 0.29) is 5.69 Å². The summed E-state index contributed by atoms with van der Waals surface area (Å²) >= 11 is 3.43. The van der Waals surface area contributed by atoms with E-state index >= 15 is 0 Å². The van der Waals surface area contributed by atoms with Gasteiger partial charge in [0, 0.05) is 22.0 Å². The Morgan fingerprint density at radius 3 is 2.80 bits per heavy atom. The van der Waals surface area contributed by atoms with Gasteiger partial charge in [-0.2, -0.15) is 0 Å². The monoisotopic (exact) mass is 337 g/mol. The molecular weight excluding hydrogens is 326 g/mol. The lowest BCUT2D eigenvalue weighted by Gasteiger charge is -2.09. The molecule has 3 rings (SSSR count). The minimum Gasteiger partial charge on any atom is -0.381 e. The van der Waals surface area contributed by atoms with E-state index in [0.29, 0.717) is 23.0 Å². The van der Waals surface area contributed by atoms with E-state index in [0.717, 1.165) is 23.0 Å². The van der Waals surface area contributed by atoms with E-state index in [1.54, 1.807) is 17.7 Å². The van der Waals surface area contributed by atoms with Gasteiger partial charge in [0.1, 0.15) is 0 Å². The number of benzene rings is 1. The second-order valence-corrected chi connectivity index (χ2v) is 5.75. The third-order valence-corrected chi connectivity index (χ3v) is 4.02.